The quantitative estimate of drug-likeness (QED) is 0.594. The molecule has 0 fully saturated rings. The maximum Gasteiger partial charge on any atom is 0.337 e. The largest absolute Gasteiger partial charge is 0.497 e. The fraction of sp³-hybridized carbons (Fsp3) is 0.261. The zero-order valence-corrected chi connectivity index (χ0v) is 18.0. The van der Waals surface area contributed by atoms with Gasteiger partial charge in [0.05, 0.1) is 38.9 Å². The van der Waals surface area contributed by atoms with Crippen LogP contribution in [0.5, 0.6) is 11.5 Å². The Morgan fingerprint density at radius 3 is 2.56 bits per heavy atom. The maximum absolute atomic E-state index is 13.3. The summed E-state index contributed by atoms with van der Waals surface area (Å²) in [5.41, 5.74) is 3.48. The number of urea groups is 1. The number of amides is 2. The van der Waals surface area contributed by atoms with Gasteiger partial charge in [0.25, 0.3) is 0 Å². The van der Waals surface area contributed by atoms with E-state index < -0.39 is 12.0 Å². The summed E-state index contributed by atoms with van der Waals surface area (Å²) < 4.78 is 15.7. The summed E-state index contributed by atoms with van der Waals surface area (Å²) in [6, 6.07) is 11.3. The Kier molecular flexibility index (Phi) is 5.98. The van der Waals surface area contributed by atoms with Crippen LogP contribution < -0.4 is 14.8 Å². The number of anilines is 1. The number of esters is 1. The lowest BCUT2D eigenvalue weighted by atomic mass is 9.95. The summed E-state index contributed by atoms with van der Waals surface area (Å²) in [7, 11) is 4.51. The third-order valence-electron chi connectivity index (χ3n) is 5.47. The third kappa shape index (κ3) is 3.96. The van der Waals surface area contributed by atoms with Crippen molar-refractivity contribution in [2.45, 2.75) is 12.5 Å². The molecule has 1 aliphatic rings. The second-order valence-corrected chi connectivity index (χ2v) is 7.22. The van der Waals surface area contributed by atoms with Crippen LogP contribution in [0.4, 0.5) is 10.5 Å². The van der Waals surface area contributed by atoms with E-state index in [1.54, 1.807) is 49.7 Å². The van der Waals surface area contributed by atoms with Crippen LogP contribution in [0.15, 0.2) is 48.8 Å². The van der Waals surface area contributed by atoms with Gasteiger partial charge in [0.2, 0.25) is 0 Å². The predicted molar refractivity (Wildman–Crippen MR) is 117 cm³/mol. The summed E-state index contributed by atoms with van der Waals surface area (Å²) in [6.07, 6.45) is 2.28. The number of benzene rings is 2. The normalized spacial score (nSPS) is 15.0. The molecule has 2 heterocycles. The number of aromatic amines is 1. The number of carbonyl (C=O) groups is 2. The molecule has 166 valence electrons. The van der Waals surface area contributed by atoms with E-state index in [0.29, 0.717) is 35.7 Å². The molecule has 9 nitrogen and oxygen atoms in total. The summed E-state index contributed by atoms with van der Waals surface area (Å²) >= 11 is 0. The van der Waals surface area contributed by atoms with Gasteiger partial charge in [-0.05, 0) is 42.5 Å². The van der Waals surface area contributed by atoms with Crippen molar-refractivity contribution in [3.05, 3.63) is 71.3 Å². The first kappa shape index (κ1) is 21.2. The highest BCUT2D eigenvalue weighted by Gasteiger charge is 2.36. The van der Waals surface area contributed by atoms with Crippen LogP contribution in [0.1, 0.15) is 33.4 Å². The van der Waals surface area contributed by atoms with Crippen molar-refractivity contribution in [1.82, 2.24) is 14.9 Å². The molecule has 2 amide bonds. The molecular formula is C23H24N4O5. The Labute approximate surface area is 185 Å². The lowest BCUT2D eigenvalue weighted by Gasteiger charge is -2.35. The monoisotopic (exact) mass is 436 g/mol. The molecule has 1 atom stereocenters. The molecule has 0 unspecified atom stereocenters. The van der Waals surface area contributed by atoms with Crippen LogP contribution in [0, 0.1) is 0 Å². The number of rotatable bonds is 5. The van der Waals surface area contributed by atoms with Crippen molar-refractivity contribution in [2.24, 2.45) is 0 Å². The number of imidazole rings is 1. The van der Waals surface area contributed by atoms with Gasteiger partial charge in [-0.25, -0.2) is 14.6 Å². The van der Waals surface area contributed by atoms with Gasteiger partial charge in [0.1, 0.15) is 17.5 Å². The fourth-order valence-electron chi connectivity index (χ4n) is 3.87. The minimum absolute atomic E-state index is 0.292. The molecule has 32 heavy (non-hydrogen) atoms. The molecule has 4 rings (SSSR count). The van der Waals surface area contributed by atoms with Gasteiger partial charge < -0.3 is 29.4 Å². The first-order chi connectivity index (χ1) is 15.5. The fourth-order valence-corrected chi connectivity index (χ4v) is 3.87. The Morgan fingerprint density at radius 1 is 1.09 bits per heavy atom. The topological polar surface area (TPSA) is 106 Å². The predicted octanol–water partition coefficient (Wildman–Crippen LogP) is 3.39. The molecule has 3 aromatic rings. The van der Waals surface area contributed by atoms with Gasteiger partial charge in [0, 0.05) is 29.9 Å². The highest BCUT2D eigenvalue weighted by molar-refractivity contribution is 5.92. The number of aromatic nitrogens is 2. The highest BCUT2D eigenvalue weighted by Crippen LogP contribution is 2.39. The average molecular weight is 436 g/mol. The highest BCUT2D eigenvalue weighted by atomic mass is 16.5. The Balaban J connectivity index is 1.67. The van der Waals surface area contributed by atoms with E-state index in [4.69, 9.17) is 14.2 Å². The van der Waals surface area contributed by atoms with Crippen molar-refractivity contribution in [1.29, 1.82) is 0 Å². The Hall–Kier alpha value is -4.01. The number of fused-ring (bicyclic) bond motifs is 1. The Morgan fingerprint density at radius 2 is 1.88 bits per heavy atom. The van der Waals surface area contributed by atoms with Crippen LogP contribution in [-0.4, -0.2) is 54.7 Å². The van der Waals surface area contributed by atoms with Crippen LogP contribution in [0.25, 0.3) is 0 Å². The van der Waals surface area contributed by atoms with Gasteiger partial charge in [0.15, 0.2) is 0 Å². The van der Waals surface area contributed by atoms with Crippen molar-refractivity contribution >= 4 is 17.7 Å². The lowest BCUT2D eigenvalue weighted by Crippen LogP contribution is -2.43. The zero-order valence-electron chi connectivity index (χ0n) is 18.0. The molecule has 2 N–H and O–H groups in total. The molecule has 2 aromatic carbocycles. The average Bonchev–Trinajstić information content (AvgIpc) is 3.32. The van der Waals surface area contributed by atoms with Crippen molar-refractivity contribution in [3.63, 3.8) is 0 Å². The number of ether oxygens (including phenoxy) is 3. The molecular weight excluding hydrogens is 412 g/mol. The molecule has 1 aliphatic heterocycles. The standard InChI is InChI=1S/C23H24N4O5/c1-30-16-8-9-19(31-2)17(12-16)21-20-18(24-13-25-20)10-11-27(21)23(29)26-15-6-4-14(5-7-15)22(28)32-3/h4-9,12-13,21H,10-11H2,1-3H3,(H,24,25)(H,26,29)/t21-/m0/s1. The summed E-state index contributed by atoms with van der Waals surface area (Å²) in [5, 5.41) is 2.91. The molecule has 1 aromatic heterocycles. The number of methoxy groups -OCH3 is 3. The van der Waals surface area contributed by atoms with Crippen molar-refractivity contribution < 1.29 is 23.8 Å². The second-order valence-electron chi connectivity index (χ2n) is 7.22. The van der Waals surface area contributed by atoms with E-state index in [0.717, 1.165) is 17.0 Å². The number of nitrogens with one attached hydrogen (secondary N) is 2. The minimum atomic E-state index is -0.468. The van der Waals surface area contributed by atoms with E-state index in [-0.39, 0.29) is 6.03 Å². The number of H-pyrrole nitrogens is 1. The van der Waals surface area contributed by atoms with Gasteiger partial charge in [-0.2, -0.15) is 0 Å². The summed E-state index contributed by atoms with van der Waals surface area (Å²) in [4.78, 5) is 34.4. The molecule has 9 heteroatoms. The van der Waals surface area contributed by atoms with Crippen molar-refractivity contribution in [3.8, 4) is 11.5 Å². The van der Waals surface area contributed by atoms with Crippen LogP contribution in [0.3, 0.4) is 0 Å². The van der Waals surface area contributed by atoms with Gasteiger partial charge in [-0.3, -0.25) is 0 Å². The van der Waals surface area contributed by atoms with E-state index in [9.17, 15) is 9.59 Å². The number of hydrogen-bond acceptors (Lipinski definition) is 6. The summed E-state index contributed by atoms with van der Waals surface area (Å²) in [6.45, 7) is 0.478. The third-order valence-corrected chi connectivity index (χ3v) is 5.47. The molecule has 0 bridgehead atoms. The summed E-state index contributed by atoms with van der Waals surface area (Å²) in [5.74, 6) is 0.851. The second kappa shape index (κ2) is 9.01. The Bertz CT molecular complexity index is 1130. The molecule has 0 aliphatic carbocycles. The minimum Gasteiger partial charge on any atom is -0.497 e. The lowest BCUT2D eigenvalue weighted by molar-refractivity contribution is 0.0600. The van der Waals surface area contributed by atoms with E-state index in [2.05, 4.69) is 15.3 Å². The molecule has 0 saturated carbocycles. The first-order valence-electron chi connectivity index (χ1n) is 10.1. The smallest absolute Gasteiger partial charge is 0.337 e. The van der Waals surface area contributed by atoms with Crippen LogP contribution >= 0.6 is 0 Å². The van der Waals surface area contributed by atoms with Gasteiger partial charge in [-0.15, -0.1) is 0 Å². The van der Waals surface area contributed by atoms with Crippen LogP contribution in [-0.2, 0) is 11.2 Å². The molecule has 0 saturated heterocycles. The number of hydrogen-bond donors (Lipinski definition) is 2. The number of carbonyl (C=O) groups excluding carboxylic acids is 2. The zero-order chi connectivity index (χ0) is 22.7. The van der Waals surface area contributed by atoms with Crippen molar-refractivity contribution in [2.75, 3.05) is 33.2 Å². The number of nitrogens with zero attached hydrogens (tertiary/aromatic N) is 2. The maximum atomic E-state index is 13.3. The molecule has 0 radical (unpaired) electrons. The molecule has 0 spiro atoms. The van der Waals surface area contributed by atoms with E-state index >= 15 is 0 Å². The van der Waals surface area contributed by atoms with Gasteiger partial charge >= 0.3 is 12.0 Å². The van der Waals surface area contributed by atoms with E-state index in [1.165, 1.54) is 7.11 Å². The SMILES string of the molecule is COC(=O)c1ccc(NC(=O)N2CCc3[nH]cnc3[C@@H]2c2cc(OC)ccc2OC)cc1. The first-order valence-corrected chi connectivity index (χ1v) is 10.1. The van der Waals surface area contributed by atoms with E-state index in [1.807, 2.05) is 18.2 Å². The van der Waals surface area contributed by atoms with Gasteiger partial charge in [-0.1, -0.05) is 0 Å². The van der Waals surface area contributed by atoms with Crippen LogP contribution in [0.2, 0.25) is 0 Å².